The lowest BCUT2D eigenvalue weighted by Gasteiger charge is -2.12. The summed E-state index contributed by atoms with van der Waals surface area (Å²) in [5.74, 6) is 0.858. The molecule has 4 nitrogen and oxygen atoms in total. The number of aryl methyl sites for hydroxylation is 2. The smallest absolute Gasteiger partial charge is 0.229 e. The van der Waals surface area contributed by atoms with Crippen molar-refractivity contribution in [1.82, 2.24) is 14.9 Å². The van der Waals surface area contributed by atoms with E-state index in [-0.39, 0.29) is 5.91 Å². The summed E-state index contributed by atoms with van der Waals surface area (Å²) in [6.07, 6.45) is 1.17. The summed E-state index contributed by atoms with van der Waals surface area (Å²) < 4.78 is 1.14. The van der Waals surface area contributed by atoms with Gasteiger partial charge in [-0.3, -0.25) is 4.79 Å². The molecule has 1 amide bonds. The van der Waals surface area contributed by atoms with E-state index >= 15 is 0 Å². The number of amides is 1. The summed E-state index contributed by atoms with van der Waals surface area (Å²) in [7, 11) is 1.99. The molecule has 2 aromatic rings. The Morgan fingerprint density at radius 1 is 1.45 bits per heavy atom. The number of nitrogens with zero attached hydrogens (tertiary/aromatic N) is 2. The number of fused-ring (bicyclic) bond motifs is 1. The van der Waals surface area contributed by atoms with Crippen molar-refractivity contribution in [2.75, 3.05) is 6.54 Å². The van der Waals surface area contributed by atoms with Gasteiger partial charge in [0.25, 0.3) is 0 Å². The minimum Gasteiger partial charge on any atom is -0.355 e. The lowest BCUT2D eigenvalue weighted by atomic mass is 10.1. The first-order chi connectivity index (χ1) is 10.2. The van der Waals surface area contributed by atoms with Crippen molar-refractivity contribution in [1.29, 1.82) is 0 Å². The molecule has 1 atom stereocenters. The van der Waals surface area contributed by atoms with Crippen molar-refractivity contribution in [2.45, 2.75) is 31.0 Å². The summed E-state index contributed by atoms with van der Waals surface area (Å²) in [6.45, 7) is 4.36. The van der Waals surface area contributed by atoms with Crippen molar-refractivity contribution in [3.05, 3.63) is 29.6 Å². The van der Waals surface area contributed by atoms with Gasteiger partial charge in [-0.2, -0.15) is 0 Å². The number of carbonyl (C=O) groups is 1. The molecule has 1 saturated carbocycles. The minimum absolute atomic E-state index is 0.0906. The van der Waals surface area contributed by atoms with Gasteiger partial charge >= 0.3 is 0 Å². The quantitative estimate of drug-likeness (QED) is 0.870. The van der Waals surface area contributed by atoms with Crippen LogP contribution < -0.4 is 5.32 Å². The van der Waals surface area contributed by atoms with Crippen molar-refractivity contribution in [3.63, 3.8) is 0 Å². The molecule has 1 aromatic heterocycles. The first kappa shape index (κ1) is 15.6. The van der Waals surface area contributed by atoms with Crippen LogP contribution >= 0.6 is 23.2 Å². The number of carbonyl (C=O) groups excluding carboxylic acids is 1. The number of alkyl halides is 2. The van der Waals surface area contributed by atoms with Crippen LogP contribution in [0, 0.1) is 12.3 Å². The lowest BCUT2D eigenvalue weighted by Crippen LogP contribution is -2.34. The average molecular weight is 340 g/mol. The van der Waals surface area contributed by atoms with Crippen molar-refractivity contribution < 1.29 is 4.79 Å². The Morgan fingerprint density at radius 2 is 2.14 bits per heavy atom. The standard InChI is InChI=1S/C16H19Cl2N3O/c1-10-4-5-12-11(8-10)20-13(21(12)3)6-7-19-14(22)15(2)9-16(15,17)18/h4-5,8H,6-7,9H2,1-3H3,(H,19,22)/t15-/m0/s1. The fourth-order valence-electron chi connectivity index (χ4n) is 2.71. The molecule has 118 valence electrons. The maximum atomic E-state index is 12.1. The topological polar surface area (TPSA) is 46.9 Å². The van der Waals surface area contributed by atoms with Gasteiger partial charge in [0.15, 0.2) is 0 Å². The molecular formula is C16H19Cl2N3O. The van der Waals surface area contributed by atoms with Gasteiger partial charge < -0.3 is 9.88 Å². The van der Waals surface area contributed by atoms with Crippen LogP contribution in [-0.4, -0.2) is 26.3 Å². The zero-order chi connectivity index (χ0) is 16.1. The molecule has 1 heterocycles. The van der Waals surface area contributed by atoms with Gasteiger partial charge in [-0.1, -0.05) is 6.07 Å². The molecule has 1 aliphatic rings. The molecule has 1 fully saturated rings. The van der Waals surface area contributed by atoms with Gasteiger partial charge in [0.2, 0.25) is 5.91 Å². The van der Waals surface area contributed by atoms with Crippen LogP contribution in [0.25, 0.3) is 11.0 Å². The number of nitrogens with one attached hydrogen (secondary N) is 1. The van der Waals surface area contributed by atoms with Crippen LogP contribution in [0.5, 0.6) is 0 Å². The molecule has 0 bridgehead atoms. The van der Waals surface area contributed by atoms with Gasteiger partial charge in [0.1, 0.15) is 10.2 Å². The fourth-order valence-corrected chi connectivity index (χ4v) is 3.42. The van der Waals surface area contributed by atoms with Crippen LogP contribution in [0.15, 0.2) is 18.2 Å². The normalized spacial score (nSPS) is 22.8. The van der Waals surface area contributed by atoms with E-state index in [4.69, 9.17) is 23.2 Å². The van der Waals surface area contributed by atoms with E-state index < -0.39 is 9.75 Å². The fraction of sp³-hybridized carbons (Fsp3) is 0.500. The predicted molar refractivity (Wildman–Crippen MR) is 89.3 cm³/mol. The van der Waals surface area contributed by atoms with Crippen molar-refractivity contribution in [2.24, 2.45) is 12.5 Å². The highest BCUT2D eigenvalue weighted by Gasteiger charge is 2.67. The van der Waals surface area contributed by atoms with E-state index in [1.807, 2.05) is 7.05 Å². The monoisotopic (exact) mass is 339 g/mol. The molecule has 1 aromatic carbocycles. The molecule has 22 heavy (non-hydrogen) atoms. The molecule has 0 spiro atoms. The highest BCUT2D eigenvalue weighted by atomic mass is 35.5. The Hall–Kier alpha value is -1.26. The van der Waals surface area contributed by atoms with Crippen molar-refractivity contribution >= 4 is 40.1 Å². The Bertz CT molecular complexity index is 753. The van der Waals surface area contributed by atoms with Gasteiger partial charge in [-0.05, 0) is 38.0 Å². The van der Waals surface area contributed by atoms with Crippen LogP contribution in [0.3, 0.4) is 0 Å². The van der Waals surface area contributed by atoms with E-state index in [0.717, 1.165) is 16.9 Å². The van der Waals surface area contributed by atoms with E-state index in [0.29, 0.717) is 19.4 Å². The Labute approximate surface area is 139 Å². The summed E-state index contributed by atoms with van der Waals surface area (Å²) in [6, 6.07) is 6.21. The molecule has 1 N–H and O–H groups in total. The molecule has 6 heteroatoms. The summed E-state index contributed by atoms with van der Waals surface area (Å²) in [5, 5.41) is 2.91. The third-order valence-electron chi connectivity index (χ3n) is 4.52. The maximum Gasteiger partial charge on any atom is 0.229 e. The largest absolute Gasteiger partial charge is 0.355 e. The second-order valence-electron chi connectivity index (χ2n) is 6.30. The third-order valence-corrected chi connectivity index (χ3v) is 5.62. The van der Waals surface area contributed by atoms with E-state index in [1.54, 1.807) is 6.92 Å². The summed E-state index contributed by atoms with van der Waals surface area (Å²) in [5.41, 5.74) is 2.60. The number of benzene rings is 1. The predicted octanol–water partition coefficient (Wildman–Crippen LogP) is 3.12. The number of hydrogen-bond acceptors (Lipinski definition) is 2. The Morgan fingerprint density at radius 3 is 2.77 bits per heavy atom. The molecule has 1 aliphatic carbocycles. The Kier molecular flexibility index (Phi) is 3.65. The van der Waals surface area contributed by atoms with E-state index in [1.165, 1.54) is 5.56 Å². The molecular weight excluding hydrogens is 321 g/mol. The number of halogens is 2. The zero-order valence-corrected chi connectivity index (χ0v) is 14.4. The average Bonchev–Trinajstić information content (AvgIpc) is 2.81. The second-order valence-corrected chi connectivity index (χ2v) is 7.78. The van der Waals surface area contributed by atoms with Crippen LogP contribution in [0.2, 0.25) is 0 Å². The third kappa shape index (κ3) is 2.48. The lowest BCUT2D eigenvalue weighted by molar-refractivity contribution is -0.125. The summed E-state index contributed by atoms with van der Waals surface area (Å²) in [4.78, 5) is 16.8. The highest BCUT2D eigenvalue weighted by Crippen LogP contribution is 2.63. The van der Waals surface area contributed by atoms with Gasteiger partial charge in [-0.15, -0.1) is 23.2 Å². The molecule has 3 rings (SSSR count). The van der Waals surface area contributed by atoms with Crippen LogP contribution in [-0.2, 0) is 18.3 Å². The van der Waals surface area contributed by atoms with Crippen molar-refractivity contribution in [3.8, 4) is 0 Å². The second kappa shape index (κ2) is 5.14. The first-order valence-corrected chi connectivity index (χ1v) is 8.08. The van der Waals surface area contributed by atoms with Crippen LogP contribution in [0.4, 0.5) is 0 Å². The number of imidazole rings is 1. The molecule has 0 unspecified atom stereocenters. The molecule has 0 saturated heterocycles. The van der Waals surface area contributed by atoms with E-state index in [9.17, 15) is 4.79 Å². The number of aromatic nitrogens is 2. The number of hydrogen-bond donors (Lipinski definition) is 1. The first-order valence-electron chi connectivity index (χ1n) is 7.33. The van der Waals surface area contributed by atoms with Gasteiger partial charge in [-0.25, -0.2) is 4.98 Å². The highest BCUT2D eigenvalue weighted by molar-refractivity contribution is 6.53. The maximum absolute atomic E-state index is 12.1. The Balaban J connectivity index is 1.65. The van der Waals surface area contributed by atoms with Gasteiger partial charge in [0.05, 0.1) is 16.4 Å². The number of rotatable bonds is 4. The minimum atomic E-state index is -0.924. The summed E-state index contributed by atoms with van der Waals surface area (Å²) >= 11 is 12.0. The SMILES string of the molecule is Cc1ccc2c(c1)nc(CCNC(=O)[C@]1(C)CC1(Cl)Cl)n2C. The zero-order valence-electron chi connectivity index (χ0n) is 12.9. The van der Waals surface area contributed by atoms with Crippen LogP contribution in [0.1, 0.15) is 24.7 Å². The molecule has 0 radical (unpaired) electrons. The van der Waals surface area contributed by atoms with Gasteiger partial charge in [0, 0.05) is 20.0 Å². The molecule has 0 aliphatic heterocycles. The van der Waals surface area contributed by atoms with E-state index in [2.05, 4.69) is 40.0 Å².